The first-order chi connectivity index (χ1) is 11.0. The van der Waals surface area contributed by atoms with Crippen LogP contribution in [-0.2, 0) is 9.59 Å². The Morgan fingerprint density at radius 2 is 1.42 bits per heavy atom. The summed E-state index contributed by atoms with van der Waals surface area (Å²) in [5.74, 6) is 0.144. The molecule has 0 aliphatic carbocycles. The molecule has 0 saturated heterocycles. The van der Waals surface area contributed by atoms with Crippen molar-refractivity contribution in [2.45, 2.75) is 41.5 Å². The number of hydrogen-bond donors (Lipinski definition) is 1. The van der Waals surface area contributed by atoms with Crippen LogP contribution in [0.5, 0.6) is 5.75 Å². The maximum atomic E-state index is 12.3. The number of fused-ring (bicyclic) bond motifs is 1. The normalized spacial score (nSPS) is 12.1. The third kappa shape index (κ3) is 3.94. The summed E-state index contributed by atoms with van der Waals surface area (Å²) in [6.45, 7) is 11.0. The van der Waals surface area contributed by atoms with Crippen molar-refractivity contribution in [2.24, 2.45) is 10.8 Å². The van der Waals surface area contributed by atoms with Gasteiger partial charge in [-0.3, -0.25) is 9.59 Å². The smallest absolute Gasteiger partial charge is 0.316 e. The van der Waals surface area contributed by atoms with Gasteiger partial charge in [0.25, 0.3) is 0 Å². The summed E-state index contributed by atoms with van der Waals surface area (Å²) in [5, 5.41) is 4.59. The van der Waals surface area contributed by atoms with Gasteiger partial charge in [0.15, 0.2) is 0 Å². The molecule has 0 bridgehead atoms. The topological polar surface area (TPSA) is 55.4 Å². The molecular weight excluding hydrogens is 302 g/mol. The van der Waals surface area contributed by atoms with E-state index in [0.29, 0.717) is 11.4 Å². The molecule has 0 heterocycles. The fourth-order valence-electron chi connectivity index (χ4n) is 2.03. The third-order valence-corrected chi connectivity index (χ3v) is 3.63. The molecule has 0 aliphatic rings. The number of esters is 1. The van der Waals surface area contributed by atoms with Crippen molar-refractivity contribution in [3.63, 3.8) is 0 Å². The fraction of sp³-hybridized carbons (Fsp3) is 0.400. The molecule has 24 heavy (non-hydrogen) atoms. The molecule has 0 radical (unpaired) electrons. The fourth-order valence-corrected chi connectivity index (χ4v) is 2.03. The van der Waals surface area contributed by atoms with E-state index in [1.165, 1.54) is 0 Å². The van der Waals surface area contributed by atoms with E-state index < -0.39 is 10.8 Å². The van der Waals surface area contributed by atoms with Crippen LogP contribution in [0.1, 0.15) is 41.5 Å². The van der Waals surface area contributed by atoms with Gasteiger partial charge >= 0.3 is 5.97 Å². The zero-order chi connectivity index (χ0) is 18.1. The van der Waals surface area contributed by atoms with E-state index in [9.17, 15) is 9.59 Å². The molecule has 128 valence electrons. The van der Waals surface area contributed by atoms with Gasteiger partial charge in [0.05, 0.1) is 5.41 Å². The van der Waals surface area contributed by atoms with Crippen molar-refractivity contribution in [2.75, 3.05) is 5.32 Å². The molecule has 0 spiro atoms. The van der Waals surface area contributed by atoms with Crippen LogP contribution in [0.4, 0.5) is 5.69 Å². The highest BCUT2D eigenvalue weighted by molar-refractivity contribution is 6.06. The number of carbonyl (C=O) groups excluding carboxylic acids is 2. The van der Waals surface area contributed by atoms with E-state index in [2.05, 4.69) is 5.32 Å². The molecular formula is C20H25NO3. The third-order valence-electron chi connectivity index (χ3n) is 3.63. The standard InChI is InChI=1S/C20H25NO3/c1-19(2,3)17(22)21-15-11-12-16(24-18(23)20(4,5)6)14-10-8-7-9-13(14)15/h7-12H,1-6H3,(H,21,22). The highest BCUT2D eigenvalue weighted by Gasteiger charge is 2.25. The Labute approximate surface area is 143 Å². The summed E-state index contributed by atoms with van der Waals surface area (Å²) >= 11 is 0. The van der Waals surface area contributed by atoms with Crippen LogP contribution in [0.25, 0.3) is 10.8 Å². The van der Waals surface area contributed by atoms with Crippen LogP contribution in [0.15, 0.2) is 36.4 Å². The maximum Gasteiger partial charge on any atom is 0.316 e. The Morgan fingerprint density at radius 3 is 1.96 bits per heavy atom. The predicted octanol–water partition coefficient (Wildman–Crippen LogP) is 4.78. The quantitative estimate of drug-likeness (QED) is 0.638. The Kier molecular flexibility index (Phi) is 4.70. The monoisotopic (exact) mass is 327 g/mol. The second-order valence-corrected chi connectivity index (χ2v) is 8.00. The number of benzene rings is 2. The highest BCUT2D eigenvalue weighted by Crippen LogP contribution is 2.33. The molecule has 4 heteroatoms. The maximum absolute atomic E-state index is 12.3. The molecule has 0 atom stereocenters. The lowest BCUT2D eigenvalue weighted by atomic mass is 9.95. The number of rotatable bonds is 2. The minimum Gasteiger partial charge on any atom is -0.425 e. The van der Waals surface area contributed by atoms with E-state index in [1.807, 2.05) is 65.8 Å². The number of amides is 1. The van der Waals surface area contributed by atoms with Crippen molar-refractivity contribution < 1.29 is 14.3 Å². The van der Waals surface area contributed by atoms with Gasteiger partial charge in [-0.25, -0.2) is 0 Å². The Morgan fingerprint density at radius 1 is 0.833 bits per heavy atom. The zero-order valence-corrected chi connectivity index (χ0v) is 15.2. The molecule has 0 unspecified atom stereocenters. The molecule has 0 aliphatic heterocycles. The molecule has 0 saturated carbocycles. The predicted molar refractivity (Wildman–Crippen MR) is 97.1 cm³/mol. The van der Waals surface area contributed by atoms with Crippen LogP contribution >= 0.6 is 0 Å². The number of anilines is 1. The Hall–Kier alpha value is -2.36. The first-order valence-electron chi connectivity index (χ1n) is 8.05. The molecule has 1 N–H and O–H groups in total. The van der Waals surface area contributed by atoms with Crippen LogP contribution < -0.4 is 10.1 Å². The summed E-state index contributed by atoms with van der Waals surface area (Å²) < 4.78 is 5.57. The van der Waals surface area contributed by atoms with E-state index in [-0.39, 0.29) is 11.9 Å². The summed E-state index contributed by atoms with van der Waals surface area (Å²) in [4.78, 5) is 24.5. The molecule has 0 aromatic heterocycles. The molecule has 1 amide bonds. The van der Waals surface area contributed by atoms with E-state index in [1.54, 1.807) is 12.1 Å². The average Bonchev–Trinajstić information content (AvgIpc) is 2.47. The van der Waals surface area contributed by atoms with Gasteiger partial charge in [0.1, 0.15) is 5.75 Å². The largest absolute Gasteiger partial charge is 0.425 e. The second-order valence-electron chi connectivity index (χ2n) is 8.00. The number of ether oxygens (including phenoxy) is 1. The van der Waals surface area contributed by atoms with Crippen LogP contribution in [-0.4, -0.2) is 11.9 Å². The van der Waals surface area contributed by atoms with Gasteiger partial charge in [-0.15, -0.1) is 0 Å². The van der Waals surface area contributed by atoms with Gasteiger partial charge in [-0.2, -0.15) is 0 Å². The zero-order valence-electron chi connectivity index (χ0n) is 15.2. The van der Waals surface area contributed by atoms with Gasteiger partial charge in [0, 0.05) is 21.9 Å². The SMILES string of the molecule is CC(C)(C)C(=O)Nc1ccc(OC(=O)C(C)(C)C)c2ccccc12. The minimum absolute atomic E-state index is 0.0629. The van der Waals surface area contributed by atoms with Crippen LogP contribution in [0, 0.1) is 10.8 Å². The number of hydrogen-bond acceptors (Lipinski definition) is 3. The van der Waals surface area contributed by atoms with Crippen LogP contribution in [0.2, 0.25) is 0 Å². The first kappa shape index (κ1) is 18.0. The van der Waals surface area contributed by atoms with Gasteiger partial charge in [-0.05, 0) is 32.9 Å². The van der Waals surface area contributed by atoms with Crippen molar-refractivity contribution >= 4 is 28.3 Å². The van der Waals surface area contributed by atoms with Crippen molar-refractivity contribution in [1.29, 1.82) is 0 Å². The second kappa shape index (κ2) is 6.27. The summed E-state index contributed by atoms with van der Waals surface area (Å²) in [7, 11) is 0. The van der Waals surface area contributed by atoms with E-state index >= 15 is 0 Å². The lowest BCUT2D eigenvalue weighted by Gasteiger charge is -2.20. The summed E-state index contributed by atoms with van der Waals surface area (Å²) in [6, 6.07) is 11.1. The highest BCUT2D eigenvalue weighted by atomic mass is 16.5. The van der Waals surface area contributed by atoms with Gasteiger partial charge < -0.3 is 10.1 Å². The summed E-state index contributed by atoms with van der Waals surface area (Å²) in [6.07, 6.45) is 0. The minimum atomic E-state index is -0.583. The molecule has 4 nitrogen and oxygen atoms in total. The summed E-state index contributed by atoms with van der Waals surface area (Å²) in [5.41, 5.74) is -0.361. The molecule has 2 aromatic rings. The molecule has 0 fully saturated rings. The van der Waals surface area contributed by atoms with Gasteiger partial charge in [-0.1, -0.05) is 45.0 Å². The Bertz CT molecular complexity index is 713. The molecule has 2 rings (SSSR count). The number of carbonyl (C=O) groups is 2. The average molecular weight is 327 g/mol. The molecule has 2 aromatic carbocycles. The Balaban J connectivity index is 2.44. The van der Waals surface area contributed by atoms with Gasteiger partial charge in [0.2, 0.25) is 5.91 Å². The van der Waals surface area contributed by atoms with Crippen LogP contribution in [0.3, 0.4) is 0 Å². The lowest BCUT2D eigenvalue weighted by Crippen LogP contribution is -2.27. The van der Waals surface area contributed by atoms with E-state index in [0.717, 1.165) is 10.8 Å². The van der Waals surface area contributed by atoms with Crippen molar-refractivity contribution in [3.05, 3.63) is 36.4 Å². The lowest BCUT2D eigenvalue weighted by molar-refractivity contribution is -0.142. The number of nitrogens with one attached hydrogen (secondary N) is 1. The van der Waals surface area contributed by atoms with Crippen molar-refractivity contribution in [3.8, 4) is 5.75 Å². The first-order valence-corrected chi connectivity index (χ1v) is 8.05. The van der Waals surface area contributed by atoms with Crippen molar-refractivity contribution in [1.82, 2.24) is 0 Å². The van der Waals surface area contributed by atoms with E-state index in [4.69, 9.17) is 4.74 Å².